The number of unbranched alkanes of at least 4 members (excludes halogenated alkanes) is 4. The van der Waals surface area contributed by atoms with Crippen molar-refractivity contribution in [3.8, 4) is 0 Å². The van der Waals surface area contributed by atoms with Gasteiger partial charge in [-0.1, -0.05) is 33.9 Å². The van der Waals surface area contributed by atoms with Crippen molar-refractivity contribution < 1.29 is 48.6 Å². The molecule has 0 radical (unpaired) electrons. The predicted molar refractivity (Wildman–Crippen MR) is 98.9 cm³/mol. The molecule has 0 bridgehead atoms. The summed E-state index contributed by atoms with van der Waals surface area (Å²) in [6.45, 7) is 0.512. The second-order valence-corrected chi connectivity index (χ2v) is 5.30. The Labute approximate surface area is 184 Å². The van der Waals surface area contributed by atoms with Crippen molar-refractivity contribution in [2.24, 2.45) is 5.11 Å². The zero-order valence-electron chi connectivity index (χ0n) is 15.8. The molecule has 0 aliphatic rings. The van der Waals surface area contributed by atoms with Crippen LogP contribution in [0.5, 0.6) is 0 Å². The van der Waals surface area contributed by atoms with Gasteiger partial charge in [0.1, 0.15) is 0 Å². The van der Waals surface area contributed by atoms with Crippen molar-refractivity contribution >= 4 is 27.9 Å². The molecular weight excluding hydrogens is 419 g/mol. The maximum atomic E-state index is 10.6. The number of carbonyl (C=O) groups excluding carboxylic acids is 2. The predicted octanol–water partition coefficient (Wildman–Crippen LogP) is 2.01. The molecule has 0 saturated carbocycles. The molecule has 0 N–H and O–H groups in total. The molecular formula is C14H26BrN6NaO4. The van der Waals surface area contributed by atoms with Gasteiger partial charge in [-0.2, -0.15) is 0 Å². The largest absolute Gasteiger partial charge is 1.00 e. The van der Waals surface area contributed by atoms with Gasteiger partial charge in [-0.25, -0.2) is 0 Å². The van der Waals surface area contributed by atoms with Gasteiger partial charge in [0, 0.05) is 29.6 Å². The molecule has 0 fully saturated rings. The van der Waals surface area contributed by atoms with Crippen LogP contribution in [-0.2, 0) is 19.1 Å². The van der Waals surface area contributed by atoms with Crippen molar-refractivity contribution in [3.63, 3.8) is 0 Å². The number of azide groups is 1. The molecule has 10 nitrogen and oxygen atoms in total. The van der Waals surface area contributed by atoms with Crippen LogP contribution in [0.15, 0.2) is 5.11 Å². The van der Waals surface area contributed by atoms with E-state index in [0.29, 0.717) is 19.4 Å². The molecule has 0 aliphatic heterocycles. The van der Waals surface area contributed by atoms with Crippen LogP contribution in [0.25, 0.3) is 26.4 Å². The van der Waals surface area contributed by atoms with Crippen molar-refractivity contribution in [2.75, 3.05) is 26.1 Å². The number of rotatable bonds is 11. The third kappa shape index (κ3) is 38.5. The average molecular weight is 445 g/mol. The first kappa shape index (κ1) is 32.7. The Morgan fingerprint density at radius 1 is 0.885 bits per heavy atom. The molecule has 0 aromatic heterocycles. The fourth-order valence-corrected chi connectivity index (χ4v) is 1.81. The molecule has 12 heteroatoms. The van der Waals surface area contributed by atoms with Crippen molar-refractivity contribution in [1.82, 2.24) is 0 Å². The van der Waals surface area contributed by atoms with E-state index in [9.17, 15) is 9.59 Å². The van der Waals surface area contributed by atoms with Gasteiger partial charge in [0.2, 0.25) is 0 Å². The van der Waals surface area contributed by atoms with Crippen molar-refractivity contribution in [3.05, 3.63) is 26.4 Å². The Kier molecular flexibility index (Phi) is 40.0. The van der Waals surface area contributed by atoms with E-state index in [0.717, 1.165) is 43.9 Å². The monoisotopic (exact) mass is 444 g/mol. The van der Waals surface area contributed by atoms with E-state index in [2.05, 4.69) is 35.4 Å². The van der Waals surface area contributed by atoms with Crippen LogP contribution in [0.4, 0.5) is 0 Å². The Balaban J connectivity index is -0.000000158. The molecule has 0 amide bonds. The summed E-state index contributed by atoms with van der Waals surface area (Å²) in [4.78, 5) is 25.3. The fraction of sp³-hybridized carbons (Fsp3) is 0.857. The van der Waals surface area contributed by atoms with Gasteiger partial charge in [-0.3, -0.25) is 14.5 Å². The topological polar surface area (TPSA) is 160 Å². The molecule has 0 heterocycles. The third-order valence-corrected chi connectivity index (χ3v) is 3.23. The number of hydrogen-bond acceptors (Lipinski definition) is 5. The summed E-state index contributed by atoms with van der Waals surface area (Å²) >= 11 is 3.32. The van der Waals surface area contributed by atoms with E-state index in [1.807, 2.05) is 0 Å². The van der Waals surface area contributed by atoms with Gasteiger partial charge in [0.15, 0.2) is 0 Å². The van der Waals surface area contributed by atoms with Crippen LogP contribution in [0.3, 0.4) is 0 Å². The molecule has 0 atom stereocenters. The number of nitrogens with zero attached hydrogens (tertiary/aromatic N) is 6. The van der Waals surface area contributed by atoms with Gasteiger partial charge in [0.05, 0.1) is 14.2 Å². The number of methoxy groups -OCH3 is 2. The zero-order valence-corrected chi connectivity index (χ0v) is 19.4. The Morgan fingerprint density at radius 2 is 1.31 bits per heavy atom. The number of hydrogen-bond donors (Lipinski definition) is 0. The van der Waals surface area contributed by atoms with E-state index in [1.54, 1.807) is 0 Å². The van der Waals surface area contributed by atoms with Crippen LogP contribution in [0.2, 0.25) is 0 Å². The van der Waals surface area contributed by atoms with E-state index < -0.39 is 0 Å². The van der Waals surface area contributed by atoms with Gasteiger partial charge in [-0.05, 0) is 31.2 Å². The molecule has 0 rings (SSSR count). The third-order valence-electron chi connectivity index (χ3n) is 2.67. The first-order valence-corrected chi connectivity index (χ1v) is 8.85. The fourth-order valence-electron chi connectivity index (χ4n) is 1.42. The van der Waals surface area contributed by atoms with Crippen LogP contribution in [0.1, 0.15) is 51.4 Å². The number of alkyl halides is 1. The number of halogens is 1. The second kappa shape index (κ2) is 31.8. The van der Waals surface area contributed by atoms with Crippen LogP contribution in [-0.4, -0.2) is 38.0 Å². The zero-order chi connectivity index (χ0) is 19.8. The van der Waals surface area contributed by atoms with Gasteiger partial charge in [0.25, 0.3) is 0 Å². The minimum atomic E-state index is -0.182. The maximum absolute atomic E-state index is 10.6. The first-order chi connectivity index (χ1) is 12.0. The molecule has 0 spiro atoms. The van der Waals surface area contributed by atoms with Crippen molar-refractivity contribution in [1.29, 1.82) is 0 Å². The number of esters is 2. The molecule has 0 unspecified atom stereocenters. The van der Waals surface area contributed by atoms with Crippen LogP contribution >= 0.6 is 15.9 Å². The van der Waals surface area contributed by atoms with Gasteiger partial charge >= 0.3 is 41.5 Å². The second-order valence-electron chi connectivity index (χ2n) is 4.51. The number of ether oxygens (including phenoxy) is 2. The summed E-state index contributed by atoms with van der Waals surface area (Å²) in [7, 11) is 2.80. The number of carbonyl (C=O) groups is 2. The summed E-state index contributed by atoms with van der Waals surface area (Å²) in [5.41, 5.74) is 21.4. The van der Waals surface area contributed by atoms with Crippen molar-refractivity contribution in [2.45, 2.75) is 51.4 Å². The summed E-state index contributed by atoms with van der Waals surface area (Å²) in [5.74, 6) is -0.284. The van der Waals surface area contributed by atoms with Crippen LogP contribution in [0, 0.1) is 0 Å². The minimum Gasteiger partial charge on any atom is -0.469 e. The summed E-state index contributed by atoms with van der Waals surface area (Å²) < 4.78 is 8.94. The van der Waals surface area contributed by atoms with Gasteiger partial charge in [-0.15, -0.1) is 0 Å². The molecule has 0 aromatic rings. The standard InChI is InChI=1S/C7H13BrO2.C7H13N3O2.N3.Na/c1-10-7(9)5-3-2-4-6-8;1-12-7(11)5-3-2-4-6-9-10-8;1-3-2;/h2-6H2,1H3;2-6H2,1H3;;/q;;-1;+1. The first-order valence-electron chi connectivity index (χ1n) is 7.72. The molecule has 0 aliphatic carbocycles. The average Bonchev–Trinajstić information content (AvgIpc) is 2.62. The Morgan fingerprint density at radius 3 is 1.65 bits per heavy atom. The molecule has 144 valence electrons. The minimum absolute atomic E-state index is 0. The smallest absolute Gasteiger partial charge is 0.469 e. The Bertz CT molecular complexity index is 416. The van der Waals surface area contributed by atoms with E-state index in [1.165, 1.54) is 19.1 Å². The van der Waals surface area contributed by atoms with E-state index >= 15 is 0 Å². The quantitative estimate of drug-likeness (QED) is 0.0905. The summed E-state index contributed by atoms with van der Waals surface area (Å²) in [6, 6.07) is 0. The Hall–Kier alpha value is -0.960. The maximum Gasteiger partial charge on any atom is 1.00 e. The van der Waals surface area contributed by atoms with Crippen LogP contribution < -0.4 is 29.6 Å². The van der Waals surface area contributed by atoms with E-state index in [4.69, 9.17) is 16.6 Å². The molecule has 0 aromatic carbocycles. The van der Waals surface area contributed by atoms with E-state index in [-0.39, 0.29) is 41.5 Å². The molecule has 0 saturated heterocycles. The van der Waals surface area contributed by atoms with Gasteiger partial charge < -0.3 is 20.5 Å². The SMILES string of the molecule is COC(=O)CCCCCBr.COC(=O)CCCCCN=[N+]=[N-].[N-]=[N+]=[N-].[Na+]. The summed E-state index contributed by atoms with van der Waals surface area (Å²) in [5, 5.41) is 4.39. The molecule has 26 heavy (non-hydrogen) atoms. The normalized spacial score (nSPS) is 7.96. The summed E-state index contributed by atoms with van der Waals surface area (Å²) in [6.07, 6.45) is 6.72.